The summed E-state index contributed by atoms with van der Waals surface area (Å²) in [6.07, 6.45) is 5.31. The number of rotatable bonds is 11. The van der Waals surface area contributed by atoms with Crippen molar-refractivity contribution in [1.82, 2.24) is 5.32 Å². The first-order valence-electron chi connectivity index (χ1n) is 10.4. The molecule has 4 nitrogen and oxygen atoms in total. The van der Waals surface area contributed by atoms with Crippen LogP contribution in [0.25, 0.3) is 11.1 Å². The second-order valence-electron chi connectivity index (χ2n) is 7.41. The highest BCUT2D eigenvalue weighted by atomic mass is 35.5. The lowest BCUT2D eigenvalue weighted by Gasteiger charge is -2.14. The molecule has 0 aliphatic heterocycles. The van der Waals surface area contributed by atoms with Crippen LogP contribution in [0.4, 0.5) is 0 Å². The van der Waals surface area contributed by atoms with E-state index in [1.54, 1.807) is 0 Å². The summed E-state index contributed by atoms with van der Waals surface area (Å²) in [6, 6.07) is 16.7. The van der Waals surface area contributed by atoms with Gasteiger partial charge in [0.1, 0.15) is 12.5 Å². The van der Waals surface area contributed by atoms with Gasteiger partial charge in [0.2, 0.25) is 5.91 Å². The van der Waals surface area contributed by atoms with E-state index in [9.17, 15) is 9.59 Å². The zero-order valence-electron chi connectivity index (χ0n) is 16.7. The maximum absolute atomic E-state index is 12.2. The van der Waals surface area contributed by atoms with Gasteiger partial charge < -0.3 is 10.1 Å². The number of ether oxygens (including phenoxy) is 1. The highest BCUT2D eigenvalue weighted by molar-refractivity contribution is 6.27. The number of hydrogen-bond acceptors (Lipinski definition) is 3. The van der Waals surface area contributed by atoms with E-state index < -0.39 is 0 Å². The lowest BCUT2D eigenvalue weighted by Crippen LogP contribution is -2.25. The Balaban J connectivity index is 1.36. The van der Waals surface area contributed by atoms with Crippen molar-refractivity contribution >= 4 is 23.5 Å². The Morgan fingerprint density at radius 1 is 0.862 bits per heavy atom. The summed E-state index contributed by atoms with van der Waals surface area (Å²) in [5.41, 5.74) is 4.96. The molecule has 154 valence electrons. The van der Waals surface area contributed by atoms with Gasteiger partial charge in [-0.05, 0) is 35.1 Å². The van der Waals surface area contributed by atoms with Gasteiger partial charge in [0.15, 0.2) is 0 Å². The topological polar surface area (TPSA) is 55.4 Å². The Hall–Kier alpha value is -2.33. The number of fused-ring (bicyclic) bond motifs is 3. The Labute approximate surface area is 177 Å². The summed E-state index contributed by atoms with van der Waals surface area (Å²) in [7, 11) is 0. The van der Waals surface area contributed by atoms with Crippen LogP contribution < -0.4 is 5.32 Å². The molecule has 3 rings (SSSR count). The van der Waals surface area contributed by atoms with Crippen molar-refractivity contribution in [3.8, 4) is 11.1 Å². The van der Waals surface area contributed by atoms with Crippen LogP contribution in [0, 0.1) is 0 Å². The molecule has 1 N–H and O–H groups in total. The Morgan fingerprint density at radius 3 is 2.10 bits per heavy atom. The number of hydrogen-bond donors (Lipinski definition) is 1. The molecule has 0 radical (unpaired) electrons. The van der Waals surface area contributed by atoms with Crippen LogP contribution in [-0.4, -0.2) is 30.9 Å². The van der Waals surface area contributed by atoms with Gasteiger partial charge in [-0.3, -0.25) is 9.59 Å². The number of esters is 1. The van der Waals surface area contributed by atoms with Gasteiger partial charge in [-0.2, -0.15) is 0 Å². The van der Waals surface area contributed by atoms with E-state index >= 15 is 0 Å². The molecule has 0 aromatic heterocycles. The smallest absolute Gasteiger partial charge is 0.305 e. The molecule has 0 atom stereocenters. The normalized spacial score (nSPS) is 12.3. The lowest BCUT2D eigenvalue weighted by molar-refractivity contribution is -0.144. The summed E-state index contributed by atoms with van der Waals surface area (Å²) in [5, 5.41) is 2.75. The van der Waals surface area contributed by atoms with E-state index in [0.717, 1.165) is 32.1 Å². The minimum absolute atomic E-state index is 0.0140. The van der Waals surface area contributed by atoms with Crippen LogP contribution in [0.2, 0.25) is 0 Å². The SMILES string of the molecule is O=C(CCl)NCCCCCCCC(=O)OCC1c2ccccc2-c2ccccc21. The van der Waals surface area contributed by atoms with Crippen molar-refractivity contribution < 1.29 is 14.3 Å². The zero-order valence-corrected chi connectivity index (χ0v) is 17.4. The third-order valence-electron chi connectivity index (χ3n) is 5.37. The number of carbonyl (C=O) groups excluding carboxylic acids is 2. The highest BCUT2D eigenvalue weighted by Gasteiger charge is 2.28. The molecule has 2 aromatic rings. The van der Waals surface area contributed by atoms with E-state index in [0.29, 0.717) is 19.6 Å². The van der Waals surface area contributed by atoms with E-state index in [2.05, 4.69) is 41.7 Å². The van der Waals surface area contributed by atoms with E-state index in [1.807, 2.05) is 12.1 Å². The first-order valence-corrected chi connectivity index (χ1v) is 10.9. The molecule has 0 fully saturated rings. The molecule has 1 aliphatic carbocycles. The average Bonchev–Trinajstić information content (AvgIpc) is 3.07. The maximum Gasteiger partial charge on any atom is 0.305 e. The standard InChI is InChI=1S/C24H28ClNO3/c25-16-23(27)26-15-9-3-1-2-4-14-24(28)29-17-22-20-12-7-5-10-18(20)19-11-6-8-13-21(19)22/h5-8,10-13,22H,1-4,9,14-17H2,(H,26,27). The summed E-state index contributed by atoms with van der Waals surface area (Å²) in [6.45, 7) is 1.06. The Kier molecular flexibility index (Phi) is 8.12. The van der Waals surface area contributed by atoms with Crippen molar-refractivity contribution in [2.75, 3.05) is 19.0 Å². The van der Waals surface area contributed by atoms with Crippen molar-refractivity contribution in [3.63, 3.8) is 0 Å². The maximum atomic E-state index is 12.2. The summed E-state index contributed by atoms with van der Waals surface area (Å²) in [5.74, 6) is -0.113. The molecule has 0 heterocycles. The number of unbranched alkanes of at least 4 members (excludes halogenated alkanes) is 4. The molecular weight excluding hydrogens is 386 g/mol. The van der Waals surface area contributed by atoms with Crippen LogP contribution in [0.1, 0.15) is 55.6 Å². The fourth-order valence-electron chi connectivity index (χ4n) is 3.89. The number of benzene rings is 2. The molecule has 1 amide bonds. The van der Waals surface area contributed by atoms with Crippen LogP contribution in [0.15, 0.2) is 48.5 Å². The fourth-order valence-corrected chi connectivity index (χ4v) is 3.98. The Morgan fingerprint density at radius 2 is 1.45 bits per heavy atom. The zero-order chi connectivity index (χ0) is 20.5. The first-order chi connectivity index (χ1) is 14.2. The molecule has 0 saturated carbocycles. The van der Waals surface area contributed by atoms with Crippen molar-refractivity contribution in [2.24, 2.45) is 0 Å². The van der Waals surface area contributed by atoms with Crippen LogP contribution >= 0.6 is 11.6 Å². The van der Waals surface area contributed by atoms with Crippen molar-refractivity contribution in [2.45, 2.75) is 44.4 Å². The van der Waals surface area contributed by atoms with Crippen LogP contribution in [0.5, 0.6) is 0 Å². The monoisotopic (exact) mass is 413 g/mol. The van der Waals surface area contributed by atoms with Gasteiger partial charge >= 0.3 is 5.97 Å². The highest BCUT2D eigenvalue weighted by Crippen LogP contribution is 2.44. The average molecular weight is 414 g/mol. The van der Waals surface area contributed by atoms with E-state index in [-0.39, 0.29) is 23.7 Å². The minimum atomic E-state index is -0.124. The number of amides is 1. The van der Waals surface area contributed by atoms with Crippen LogP contribution in [-0.2, 0) is 14.3 Å². The van der Waals surface area contributed by atoms with Gasteiger partial charge in [0, 0.05) is 18.9 Å². The molecule has 1 aliphatic rings. The number of carbonyl (C=O) groups is 2. The third-order valence-corrected chi connectivity index (χ3v) is 5.62. The second kappa shape index (κ2) is 11.0. The molecule has 0 unspecified atom stereocenters. The second-order valence-corrected chi connectivity index (χ2v) is 7.68. The predicted molar refractivity (Wildman–Crippen MR) is 116 cm³/mol. The Bertz CT molecular complexity index is 791. The molecule has 2 aromatic carbocycles. The largest absolute Gasteiger partial charge is 0.465 e. The van der Waals surface area contributed by atoms with Crippen molar-refractivity contribution in [1.29, 1.82) is 0 Å². The summed E-state index contributed by atoms with van der Waals surface area (Å²) in [4.78, 5) is 23.2. The van der Waals surface area contributed by atoms with Crippen molar-refractivity contribution in [3.05, 3.63) is 59.7 Å². The molecule has 0 spiro atoms. The van der Waals surface area contributed by atoms with Gasteiger partial charge in [-0.1, -0.05) is 67.8 Å². The summed E-state index contributed by atoms with van der Waals surface area (Å²) >= 11 is 5.42. The molecular formula is C24H28ClNO3. The molecule has 29 heavy (non-hydrogen) atoms. The lowest BCUT2D eigenvalue weighted by atomic mass is 9.98. The number of alkyl halides is 1. The quantitative estimate of drug-likeness (QED) is 0.319. The van der Waals surface area contributed by atoms with Crippen LogP contribution in [0.3, 0.4) is 0 Å². The first kappa shape index (κ1) is 21.4. The van der Waals surface area contributed by atoms with Gasteiger partial charge in [-0.15, -0.1) is 11.6 Å². The molecule has 0 saturated heterocycles. The number of halogens is 1. The number of nitrogens with one attached hydrogen (secondary N) is 1. The fraction of sp³-hybridized carbons (Fsp3) is 0.417. The van der Waals surface area contributed by atoms with E-state index in [1.165, 1.54) is 22.3 Å². The van der Waals surface area contributed by atoms with Gasteiger partial charge in [0.05, 0.1) is 0 Å². The van der Waals surface area contributed by atoms with Gasteiger partial charge in [-0.25, -0.2) is 0 Å². The van der Waals surface area contributed by atoms with Gasteiger partial charge in [0.25, 0.3) is 0 Å². The predicted octanol–water partition coefficient (Wildman–Crippen LogP) is 5.04. The minimum Gasteiger partial charge on any atom is -0.465 e. The third kappa shape index (κ3) is 5.83. The summed E-state index contributed by atoms with van der Waals surface area (Å²) < 4.78 is 5.62. The van der Waals surface area contributed by atoms with E-state index in [4.69, 9.17) is 16.3 Å². The molecule has 0 bridgehead atoms. The molecule has 5 heteroatoms.